The molecule has 0 radical (unpaired) electrons. The van der Waals surface area contributed by atoms with Crippen LogP contribution in [0.25, 0.3) is 0 Å². The molecule has 0 heterocycles. The van der Waals surface area contributed by atoms with Crippen molar-refractivity contribution in [3.8, 4) is 0 Å². The molecule has 0 nitrogen and oxygen atoms in total. The Morgan fingerprint density at radius 2 is 1.20 bits per heavy atom. The van der Waals surface area contributed by atoms with Crippen LogP contribution in [0.2, 0.25) is 0 Å². The Hall–Kier alpha value is 0.0231. The van der Waals surface area contributed by atoms with Crippen molar-refractivity contribution < 1.29 is 40.3 Å². The smallest absolute Gasteiger partial charge is 1.00 e. The fourth-order valence-electron chi connectivity index (χ4n) is 0.470. The predicted octanol–water partition coefficient (Wildman–Crippen LogP) is -7.28. The van der Waals surface area contributed by atoms with Gasteiger partial charge in [-0.05, 0) is 0 Å². The van der Waals surface area contributed by atoms with Gasteiger partial charge in [0.05, 0.1) is 0 Å². The van der Waals surface area contributed by atoms with Gasteiger partial charge in [0.2, 0.25) is 0 Å². The second-order valence-electron chi connectivity index (χ2n) is 1.46. The molecule has 0 saturated heterocycles. The molecule has 0 fully saturated rings. The Kier molecular flexibility index (Phi) is 26.5. The van der Waals surface area contributed by atoms with E-state index in [1.165, 1.54) is 5.56 Å². The molecule has 0 N–H and O–H groups in total. The summed E-state index contributed by atoms with van der Waals surface area (Å²) in [5.74, 6) is 0. The van der Waals surface area contributed by atoms with Crippen LogP contribution in [0.15, 0.2) is 24.3 Å². The Labute approximate surface area is 77.2 Å². The van der Waals surface area contributed by atoms with Gasteiger partial charge in [0.25, 0.3) is 0 Å². The molecule has 0 aliphatic carbocycles. The van der Waals surface area contributed by atoms with Crippen molar-refractivity contribution in [2.24, 2.45) is 0 Å². The van der Waals surface area contributed by atoms with Gasteiger partial charge in [-0.25, -0.2) is 12.1 Å². The molecule has 0 atom stereocenters. The monoisotopic (exact) mass is 226 g/mol. The second-order valence-corrected chi connectivity index (χ2v) is 1.46. The van der Waals surface area contributed by atoms with E-state index in [0.717, 1.165) is 0 Å². The van der Waals surface area contributed by atoms with E-state index in [9.17, 15) is 0 Å². The van der Waals surface area contributed by atoms with E-state index in [0.29, 0.717) is 0 Å². The van der Waals surface area contributed by atoms with Crippen molar-refractivity contribution in [1.29, 1.82) is 0 Å². The Morgan fingerprint density at radius 1 is 0.900 bits per heavy atom. The molecule has 4 heteroatoms. The summed E-state index contributed by atoms with van der Waals surface area (Å²) in [7, 11) is 0. The Bertz CT molecular complexity index is 117. The molecule has 0 unspecified atom stereocenters. The summed E-state index contributed by atoms with van der Waals surface area (Å²) in [6.07, 6.45) is 0. The second kappa shape index (κ2) is 11.8. The third-order valence-electron chi connectivity index (χ3n) is 0.829. The average molecular weight is 227 g/mol. The SMILES string of the molecule is C[c-]1cccc1.[F-].[F-].[F-].[Zr+4]. The minimum Gasteiger partial charge on any atom is -1.00 e. The van der Waals surface area contributed by atoms with Crippen LogP contribution in [0.4, 0.5) is 0 Å². The first-order chi connectivity index (χ1) is 2.89. The number of halogens is 3. The molecule has 0 spiro atoms. The summed E-state index contributed by atoms with van der Waals surface area (Å²) in [4.78, 5) is 0. The standard InChI is InChI=1S/C6H7.3FH.Zr/c1-6-4-2-3-5-6;;;;/h2-5H,1H3;3*1H;/q-1;;;;+4/p-3. The van der Waals surface area contributed by atoms with Crippen LogP contribution < -0.4 is 14.1 Å². The molecule has 0 amide bonds. The van der Waals surface area contributed by atoms with Gasteiger partial charge in [-0.3, -0.25) is 0 Å². The first-order valence-electron chi connectivity index (χ1n) is 2.08. The van der Waals surface area contributed by atoms with Crippen molar-refractivity contribution in [2.45, 2.75) is 6.92 Å². The summed E-state index contributed by atoms with van der Waals surface area (Å²) >= 11 is 0. The van der Waals surface area contributed by atoms with E-state index in [2.05, 4.69) is 19.1 Å². The molecule has 0 saturated carbocycles. The molecule has 0 aliphatic rings. The average Bonchev–Trinajstić information content (AvgIpc) is 1.86. The molecule has 1 aromatic rings. The molecule has 0 aliphatic heterocycles. The summed E-state index contributed by atoms with van der Waals surface area (Å²) in [6.45, 7) is 2.08. The van der Waals surface area contributed by atoms with Gasteiger partial charge in [0.1, 0.15) is 0 Å². The summed E-state index contributed by atoms with van der Waals surface area (Å²) in [5.41, 5.74) is 1.34. The summed E-state index contributed by atoms with van der Waals surface area (Å²) < 4.78 is 0. The van der Waals surface area contributed by atoms with Crippen LogP contribution in [0.3, 0.4) is 0 Å². The van der Waals surface area contributed by atoms with Gasteiger partial charge in [0.15, 0.2) is 0 Å². The van der Waals surface area contributed by atoms with Crippen molar-refractivity contribution in [3.63, 3.8) is 0 Å². The maximum Gasteiger partial charge on any atom is 4.00 e. The van der Waals surface area contributed by atoms with Crippen LogP contribution in [0.5, 0.6) is 0 Å². The van der Waals surface area contributed by atoms with E-state index >= 15 is 0 Å². The van der Waals surface area contributed by atoms with Crippen LogP contribution >= 0.6 is 0 Å². The first-order valence-corrected chi connectivity index (χ1v) is 2.08. The molecule has 10 heavy (non-hydrogen) atoms. The van der Waals surface area contributed by atoms with Crippen molar-refractivity contribution in [1.82, 2.24) is 0 Å². The van der Waals surface area contributed by atoms with E-state index in [4.69, 9.17) is 0 Å². The quantitative estimate of drug-likeness (QED) is 0.386. The third kappa shape index (κ3) is 8.02. The molecule has 56 valence electrons. The molecule has 1 aromatic carbocycles. The Morgan fingerprint density at radius 3 is 1.30 bits per heavy atom. The van der Waals surface area contributed by atoms with Gasteiger partial charge in [-0.15, -0.1) is 0 Å². The normalized spacial score (nSPS) is 5.30. The zero-order valence-corrected chi connectivity index (χ0v) is 7.90. The summed E-state index contributed by atoms with van der Waals surface area (Å²) in [6, 6.07) is 8.24. The van der Waals surface area contributed by atoms with E-state index in [-0.39, 0.29) is 40.3 Å². The van der Waals surface area contributed by atoms with E-state index in [1.54, 1.807) is 0 Å². The minimum atomic E-state index is 0. The predicted molar refractivity (Wildman–Crippen MR) is 26.8 cm³/mol. The fraction of sp³-hybridized carbons (Fsp3) is 0.167. The van der Waals surface area contributed by atoms with Crippen LogP contribution in [0, 0.1) is 6.92 Å². The topological polar surface area (TPSA) is 0 Å². The molecule has 0 aromatic heterocycles. The van der Waals surface area contributed by atoms with Crippen molar-refractivity contribution >= 4 is 0 Å². The van der Waals surface area contributed by atoms with Gasteiger partial charge in [-0.1, -0.05) is 6.92 Å². The zero-order chi connectivity index (χ0) is 4.41. The first kappa shape index (κ1) is 22.5. The number of rotatable bonds is 0. The number of hydrogen-bond acceptors (Lipinski definition) is 0. The van der Waals surface area contributed by atoms with E-state index in [1.807, 2.05) is 12.1 Å². The number of hydrogen-bond donors (Lipinski definition) is 0. The van der Waals surface area contributed by atoms with Crippen LogP contribution in [0.1, 0.15) is 5.56 Å². The largest absolute Gasteiger partial charge is 4.00 e. The molecule has 1 rings (SSSR count). The van der Waals surface area contributed by atoms with Gasteiger partial charge in [0, 0.05) is 0 Å². The molecular weight excluding hydrogens is 220 g/mol. The van der Waals surface area contributed by atoms with E-state index < -0.39 is 0 Å². The third-order valence-corrected chi connectivity index (χ3v) is 0.829. The molecule has 0 bridgehead atoms. The van der Waals surface area contributed by atoms with Crippen molar-refractivity contribution in [2.75, 3.05) is 0 Å². The number of aryl methyl sites for hydroxylation is 1. The van der Waals surface area contributed by atoms with Crippen molar-refractivity contribution in [3.05, 3.63) is 29.8 Å². The fourth-order valence-corrected chi connectivity index (χ4v) is 0.470. The summed E-state index contributed by atoms with van der Waals surface area (Å²) in [5, 5.41) is 0. The van der Waals surface area contributed by atoms with Gasteiger partial charge < -0.3 is 14.1 Å². The Balaban J connectivity index is -0.0000000450. The van der Waals surface area contributed by atoms with Gasteiger partial charge >= 0.3 is 26.2 Å². The van der Waals surface area contributed by atoms with Crippen LogP contribution in [-0.2, 0) is 26.2 Å². The van der Waals surface area contributed by atoms with Crippen LogP contribution in [-0.4, -0.2) is 0 Å². The minimum absolute atomic E-state index is 0. The maximum absolute atomic E-state index is 2.08. The maximum atomic E-state index is 2.08. The zero-order valence-electron chi connectivity index (χ0n) is 5.44. The van der Waals surface area contributed by atoms with Gasteiger partial charge in [-0.2, -0.15) is 17.7 Å². The molecular formula is C6H7F3Zr.